The Labute approximate surface area is 132 Å². The first-order chi connectivity index (χ1) is 10.2. The summed E-state index contributed by atoms with van der Waals surface area (Å²) in [5.41, 5.74) is 1.16. The SMILES string of the molecule is O=C(c1cnc(Cl)c(Cl)c1)N1CCCOc2ccccc21. The Morgan fingerprint density at radius 3 is 2.90 bits per heavy atom. The number of amides is 1. The number of benzene rings is 1. The third-order valence-electron chi connectivity index (χ3n) is 3.23. The Morgan fingerprint density at radius 2 is 2.10 bits per heavy atom. The predicted molar refractivity (Wildman–Crippen MR) is 82.5 cm³/mol. The van der Waals surface area contributed by atoms with Crippen LogP contribution < -0.4 is 9.64 Å². The van der Waals surface area contributed by atoms with Crippen LogP contribution in [-0.4, -0.2) is 24.0 Å². The molecule has 1 amide bonds. The fourth-order valence-corrected chi connectivity index (χ4v) is 2.50. The van der Waals surface area contributed by atoms with Gasteiger partial charge in [0.25, 0.3) is 5.91 Å². The van der Waals surface area contributed by atoms with Crippen LogP contribution in [0, 0.1) is 0 Å². The number of anilines is 1. The fourth-order valence-electron chi connectivity index (χ4n) is 2.23. The molecule has 2 aromatic rings. The van der Waals surface area contributed by atoms with Gasteiger partial charge >= 0.3 is 0 Å². The van der Waals surface area contributed by atoms with E-state index in [4.69, 9.17) is 27.9 Å². The number of hydrogen-bond acceptors (Lipinski definition) is 3. The number of pyridine rings is 1. The summed E-state index contributed by atoms with van der Waals surface area (Å²) >= 11 is 11.7. The van der Waals surface area contributed by atoms with Gasteiger partial charge in [0.1, 0.15) is 10.9 Å². The minimum Gasteiger partial charge on any atom is -0.491 e. The van der Waals surface area contributed by atoms with Crippen LogP contribution in [0.1, 0.15) is 16.8 Å². The molecule has 0 unspecified atom stereocenters. The minimum atomic E-state index is -0.168. The van der Waals surface area contributed by atoms with Gasteiger partial charge in [0, 0.05) is 12.7 Å². The van der Waals surface area contributed by atoms with Gasteiger partial charge in [0.05, 0.1) is 22.9 Å². The molecule has 2 heterocycles. The summed E-state index contributed by atoms with van der Waals surface area (Å²) in [6.07, 6.45) is 2.19. The van der Waals surface area contributed by atoms with E-state index < -0.39 is 0 Å². The fraction of sp³-hybridized carbons (Fsp3) is 0.200. The van der Waals surface area contributed by atoms with E-state index in [0.29, 0.717) is 24.5 Å². The zero-order chi connectivity index (χ0) is 14.8. The summed E-state index contributed by atoms with van der Waals surface area (Å²) in [6.45, 7) is 1.16. The molecule has 1 aliphatic rings. The highest BCUT2D eigenvalue weighted by Gasteiger charge is 2.23. The molecule has 0 bridgehead atoms. The molecule has 108 valence electrons. The van der Waals surface area contributed by atoms with Crippen molar-refractivity contribution in [1.29, 1.82) is 0 Å². The molecule has 4 nitrogen and oxygen atoms in total. The number of nitrogens with zero attached hydrogens (tertiary/aromatic N) is 2. The summed E-state index contributed by atoms with van der Waals surface area (Å²) < 4.78 is 5.65. The molecule has 0 fully saturated rings. The number of carbonyl (C=O) groups excluding carboxylic acids is 1. The van der Waals surface area contributed by atoms with Crippen LogP contribution >= 0.6 is 23.2 Å². The molecule has 6 heteroatoms. The topological polar surface area (TPSA) is 42.4 Å². The molecule has 3 rings (SSSR count). The molecule has 1 aromatic carbocycles. The molecule has 0 N–H and O–H groups in total. The molecular formula is C15H12Cl2N2O2. The van der Waals surface area contributed by atoms with Crippen molar-refractivity contribution in [3.8, 4) is 5.75 Å². The summed E-state index contributed by atoms with van der Waals surface area (Å²) in [5.74, 6) is 0.537. The number of halogens is 2. The van der Waals surface area contributed by atoms with E-state index in [1.54, 1.807) is 4.90 Å². The third-order valence-corrected chi connectivity index (χ3v) is 3.91. The molecule has 21 heavy (non-hydrogen) atoms. The number of fused-ring (bicyclic) bond motifs is 1. The zero-order valence-corrected chi connectivity index (χ0v) is 12.6. The number of carbonyl (C=O) groups is 1. The first-order valence-electron chi connectivity index (χ1n) is 6.51. The third kappa shape index (κ3) is 2.82. The molecule has 1 aliphatic heterocycles. The maximum absolute atomic E-state index is 12.7. The molecule has 1 aromatic heterocycles. The molecule has 0 atom stereocenters. The van der Waals surface area contributed by atoms with E-state index in [1.807, 2.05) is 24.3 Å². The Kier molecular flexibility index (Phi) is 3.99. The molecule has 0 radical (unpaired) electrons. The van der Waals surface area contributed by atoms with Crippen LogP contribution in [0.5, 0.6) is 5.75 Å². The minimum absolute atomic E-state index is 0.168. The van der Waals surface area contributed by atoms with Crippen molar-refractivity contribution in [2.75, 3.05) is 18.1 Å². The Hall–Kier alpha value is -1.78. The van der Waals surface area contributed by atoms with Crippen molar-refractivity contribution in [3.05, 3.63) is 52.3 Å². The maximum atomic E-state index is 12.7. The van der Waals surface area contributed by atoms with E-state index in [9.17, 15) is 4.79 Å². The Bertz CT molecular complexity index is 691. The van der Waals surface area contributed by atoms with Crippen LogP contribution in [0.2, 0.25) is 10.2 Å². The second-order valence-corrected chi connectivity index (χ2v) is 5.39. The summed E-state index contributed by atoms with van der Waals surface area (Å²) in [5, 5.41) is 0.453. The van der Waals surface area contributed by atoms with E-state index in [-0.39, 0.29) is 16.1 Å². The molecular weight excluding hydrogens is 311 g/mol. The van der Waals surface area contributed by atoms with Crippen LogP contribution in [0.3, 0.4) is 0 Å². The average Bonchev–Trinajstić information content (AvgIpc) is 2.71. The molecule has 0 saturated heterocycles. The number of rotatable bonds is 1. The lowest BCUT2D eigenvalue weighted by Crippen LogP contribution is -2.31. The Balaban J connectivity index is 1.99. The van der Waals surface area contributed by atoms with Gasteiger partial charge in [-0.3, -0.25) is 4.79 Å². The molecule has 0 spiro atoms. The number of hydrogen-bond donors (Lipinski definition) is 0. The van der Waals surface area contributed by atoms with Crippen molar-refractivity contribution in [3.63, 3.8) is 0 Å². The largest absolute Gasteiger partial charge is 0.491 e. The van der Waals surface area contributed by atoms with Crippen molar-refractivity contribution in [1.82, 2.24) is 4.98 Å². The summed E-state index contributed by atoms with van der Waals surface area (Å²) in [4.78, 5) is 18.3. The maximum Gasteiger partial charge on any atom is 0.260 e. The van der Waals surface area contributed by atoms with Crippen molar-refractivity contribution < 1.29 is 9.53 Å². The quantitative estimate of drug-likeness (QED) is 0.749. The van der Waals surface area contributed by atoms with Gasteiger partial charge in [0.15, 0.2) is 0 Å². The summed E-state index contributed by atoms with van der Waals surface area (Å²) in [6, 6.07) is 9.01. The lowest BCUT2D eigenvalue weighted by molar-refractivity contribution is 0.0987. The first-order valence-corrected chi connectivity index (χ1v) is 7.27. The van der Waals surface area contributed by atoms with Crippen LogP contribution in [0.25, 0.3) is 0 Å². The highest BCUT2D eigenvalue weighted by molar-refractivity contribution is 6.41. The monoisotopic (exact) mass is 322 g/mol. The van der Waals surface area contributed by atoms with Crippen molar-refractivity contribution in [2.45, 2.75) is 6.42 Å². The van der Waals surface area contributed by atoms with Gasteiger partial charge in [-0.1, -0.05) is 35.3 Å². The van der Waals surface area contributed by atoms with Crippen LogP contribution in [0.15, 0.2) is 36.5 Å². The average molecular weight is 323 g/mol. The number of aromatic nitrogens is 1. The van der Waals surface area contributed by atoms with Crippen LogP contribution in [0.4, 0.5) is 5.69 Å². The normalized spacial score (nSPS) is 14.1. The van der Waals surface area contributed by atoms with Crippen molar-refractivity contribution >= 4 is 34.8 Å². The lowest BCUT2D eigenvalue weighted by atomic mass is 10.2. The van der Waals surface area contributed by atoms with Gasteiger partial charge in [-0.25, -0.2) is 4.98 Å². The van der Waals surface area contributed by atoms with Crippen molar-refractivity contribution in [2.24, 2.45) is 0 Å². The van der Waals surface area contributed by atoms with Gasteiger partial charge in [0.2, 0.25) is 0 Å². The molecule has 0 aliphatic carbocycles. The highest BCUT2D eigenvalue weighted by Crippen LogP contribution is 2.32. The number of para-hydroxylation sites is 2. The Morgan fingerprint density at radius 1 is 1.29 bits per heavy atom. The second kappa shape index (κ2) is 5.92. The van der Waals surface area contributed by atoms with Gasteiger partial charge in [-0.15, -0.1) is 0 Å². The standard InChI is InChI=1S/C15H12Cl2N2O2/c16-11-8-10(9-18-14(11)17)15(20)19-6-3-7-21-13-5-2-1-4-12(13)19/h1-2,4-5,8-9H,3,6-7H2. The zero-order valence-electron chi connectivity index (χ0n) is 11.1. The first kappa shape index (κ1) is 14.2. The highest BCUT2D eigenvalue weighted by atomic mass is 35.5. The van der Waals surface area contributed by atoms with Gasteiger partial charge < -0.3 is 9.64 Å². The van der Waals surface area contributed by atoms with Gasteiger partial charge in [-0.2, -0.15) is 0 Å². The van der Waals surface area contributed by atoms with E-state index >= 15 is 0 Å². The van der Waals surface area contributed by atoms with E-state index in [0.717, 1.165) is 12.1 Å². The van der Waals surface area contributed by atoms with E-state index in [1.165, 1.54) is 12.3 Å². The smallest absolute Gasteiger partial charge is 0.260 e. The predicted octanol–water partition coefficient (Wildman–Crippen LogP) is 3.82. The second-order valence-electron chi connectivity index (χ2n) is 4.62. The molecule has 0 saturated carbocycles. The summed E-state index contributed by atoms with van der Waals surface area (Å²) in [7, 11) is 0. The lowest BCUT2D eigenvalue weighted by Gasteiger charge is -2.21. The van der Waals surface area contributed by atoms with E-state index in [2.05, 4.69) is 4.98 Å². The van der Waals surface area contributed by atoms with Gasteiger partial charge in [-0.05, 0) is 24.6 Å². The number of ether oxygens (including phenoxy) is 1. The van der Waals surface area contributed by atoms with Crippen LogP contribution in [-0.2, 0) is 0 Å².